The van der Waals surface area contributed by atoms with Crippen molar-refractivity contribution in [2.75, 3.05) is 4.90 Å². The van der Waals surface area contributed by atoms with Gasteiger partial charge in [0.05, 0.1) is 10.5 Å². The van der Waals surface area contributed by atoms with Crippen LogP contribution in [-0.4, -0.2) is 16.6 Å². The second-order valence-electron chi connectivity index (χ2n) is 6.99. The van der Waals surface area contributed by atoms with Gasteiger partial charge in [-0.25, -0.2) is 0 Å². The molecular weight excluding hydrogens is 380 g/mol. The van der Waals surface area contributed by atoms with Crippen molar-refractivity contribution in [3.63, 3.8) is 0 Å². The van der Waals surface area contributed by atoms with Crippen LogP contribution in [0.4, 0.5) is 11.4 Å². The molecule has 1 fully saturated rings. The fraction of sp³-hybridized carbons (Fsp3) is 0.0833. The minimum atomic E-state index is -0.760. The topological polar surface area (TPSA) is 80.5 Å². The van der Waals surface area contributed by atoms with Gasteiger partial charge in [0.15, 0.2) is 5.78 Å². The van der Waals surface area contributed by atoms with E-state index in [2.05, 4.69) is 0 Å². The quantitative estimate of drug-likeness (QED) is 0.275. The molecule has 4 rings (SSSR count). The molecule has 1 atom stereocenters. The lowest BCUT2D eigenvalue weighted by atomic mass is 9.95. The van der Waals surface area contributed by atoms with Crippen LogP contribution in [0.5, 0.6) is 0 Å². The molecule has 0 aliphatic carbocycles. The maximum Gasteiger partial charge on any atom is 0.269 e. The number of nitrogens with zero attached hydrogens (tertiary/aromatic N) is 2. The molecule has 1 aliphatic rings. The lowest BCUT2D eigenvalue weighted by Crippen LogP contribution is -2.28. The Morgan fingerprint density at radius 3 is 2.00 bits per heavy atom. The number of benzene rings is 3. The molecular formula is C24H18N2O4. The predicted octanol–water partition coefficient (Wildman–Crippen LogP) is 4.73. The third-order valence-corrected chi connectivity index (χ3v) is 5.22. The standard InChI is InChI=1S/C24H18N2O4/c1-16(17-12-14-20(15-13-17)26(29)30)21-23(27)22(18-8-4-2-5-9-18)25(24(21)28)19-10-6-3-7-11-19/h2-15,22H,1H3/b21-16-. The first-order chi connectivity index (χ1) is 14.5. The van der Waals surface area contributed by atoms with E-state index in [4.69, 9.17) is 0 Å². The van der Waals surface area contributed by atoms with Gasteiger partial charge in [0.2, 0.25) is 0 Å². The third-order valence-electron chi connectivity index (χ3n) is 5.22. The first kappa shape index (κ1) is 19.3. The number of rotatable bonds is 4. The first-order valence-corrected chi connectivity index (χ1v) is 9.42. The van der Waals surface area contributed by atoms with Gasteiger partial charge in [-0.2, -0.15) is 0 Å². The van der Waals surface area contributed by atoms with Crippen LogP contribution >= 0.6 is 0 Å². The molecule has 148 valence electrons. The van der Waals surface area contributed by atoms with Crippen LogP contribution in [-0.2, 0) is 9.59 Å². The summed E-state index contributed by atoms with van der Waals surface area (Å²) in [6.07, 6.45) is 0. The maximum absolute atomic E-state index is 13.5. The number of anilines is 1. The van der Waals surface area contributed by atoms with Crippen LogP contribution in [0.2, 0.25) is 0 Å². The summed E-state index contributed by atoms with van der Waals surface area (Å²) in [6, 6.07) is 23.4. The average molecular weight is 398 g/mol. The molecule has 30 heavy (non-hydrogen) atoms. The van der Waals surface area contributed by atoms with Crippen LogP contribution in [0.25, 0.3) is 5.57 Å². The lowest BCUT2D eigenvalue weighted by Gasteiger charge is -2.23. The molecule has 1 amide bonds. The summed E-state index contributed by atoms with van der Waals surface area (Å²) in [6.45, 7) is 1.70. The summed E-state index contributed by atoms with van der Waals surface area (Å²) in [5, 5.41) is 10.9. The molecule has 0 radical (unpaired) electrons. The van der Waals surface area contributed by atoms with Crippen molar-refractivity contribution in [3.05, 3.63) is 112 Å². The van der Waals surface area contributed by atoms with E-state index in [1.165, 1.54) is 17.0 Å². The van der Waals surface area contributed by atoms with Crippen LogP contribution in [0.1, 0.15) is 24.1 Å². The van der Waals surface area contributed by atoms with E-state index in [1.807, 2.05) is 48.5 Å². The SMILES string of the molecule is C/C(=C1\C(=O)C(c2ccccc2)N(c2ccccc2)C1=O)c1ccc([N+](=O)[O-])cc1. The van der Waals surface area contributed by atoms with Crippen molar-refractivity contribution in [2.24, 2.45) is 0 Å². The van der Waals surface area contributed by atoms with Crippen molar-refractivity contribution in [2.45, 2.75) is 13.0 Å². The van der Waals surface area contributed by atoms with E-state index in [0.717, 1.165) is 5.56 Å². The Kier molecular flexibility index (Phi) is 4.98. The number of hydrogen-bond acceptors (Lipinski definition) is 4. The van der Waals surface area contributed by atoms with E-state index >= 15 is 0 Å². The highest BCUT2D eigenvalue weighted by molar-refractivity contribution is 6.36. The van der Waals surface area contributed by atoms with E-state index in [-0.39, 0.29) is 23.0 Å². The molecule has 6 heteroatoms. The number of para-hydroxylation sites is 1. The summed E-state index contributed by atoms with van der Waals surface area (Å²) < 4.78 is 0. The van der Waals surface area contributed by atoms with E-state index < -0.39 is 11.0 Å². The van der Waals surface area contributed by atoms with Crippen LogP contribution < -0.4 is 4.90 Å². The molecule has 3 aromatic rings. The Morgan fingerprint density at radius 2 is 1.43 bits per heavy atom. The lowest BCUT2D eigenvalue weighted by molar-refractivity contribution is -0.384. The minimum absolute atomic E-state index is 0.0475. The second kappa shape index (κ2) is 7.75. The largest absolute Gasteiger partial charge is 0.293 e. The molecule has 0 aromatic heterocycles. The van der Waals surface area contributed by atoms with Gasteiger partial charge in [0.1, 0.15) is 6.04 Å². The molecule has 1 heterocycles. The molecule has 0 saturated carbocycles. The van der Waals surface area contributed by atoms with Crippen molar-refractivity contribution < 1.29 is 14.5 Å². The summed E-state index contributed by atoms with van der Waals surface area (Å²) in [5.74, 6) is -0.665. The summed E-state index contributed by atoms with van der Waals surface area (Å²) >= 11 is 0. The van der Waals surface area contributed by atoms with Gasteiger partial charge in [-0.05, 0) is 47.9 Å². The monoisotopic (exact) mass is 398 g/mol. The number of amides is 1. The molecule has 0 N–H and O–H groups in total. The second-order valence-corrected chi connectivity index (χ2v) is 6.99. The molecule has 0 bridgehead atoms. The summed E-state index contributed by atoms with van der Waals surface area (Å²) in [5.41, 5.74) is 2.51. The summed E-state index contributed by atoms with van der Waals surface area (Å²) in [4.78, 5) is 38.8. The van der Waals surface area contributed by atoms with E-state index in [9.17, 15) is 19.7 Å². The Labute approximate surface area is 173 Å². The summed E-state index contributed by atoms with van der Waals surface area (Å²) in [7, 11) is 0. The van der Waals surface area contributed by atoms with E-state index in [1.54, 1.807) is 31.2 Å². The van der Waals surface area contributed by atoms with Gasteiger partial charge < -0.3 is 0 Å². The number of nitro groups is 1. The zero-order valence-electron chi connectivity index (χ0n) is 16.2. The van der Waals surface area contributed by atoms with Gasteiger partial charge >= 0.3 is 0 Å². The Morgan fingerprint density at radius 1 is 0.867 bits per heavy atom. The molecule has 1 unspecified atom stereocenters. The van der Waals surface area contributed by atoms with Gasteiger partial charge in [-0.3, -0.25) is 24.6 Å². The predicted molar refractivity (Wildman–Crippen MR) is 114 cm³/mol. The normalized spacial score (nSPS) is 17.9. The highest BCUT2D eigenvalue weighted by Gasteiger charge is 2.45. The highest BCUT2D eigenvalue weighted by atomic mass is 16.6. The van der Waals surface area contributed by atoms with Gasteiger partial charge in [-0.1, -0.05) is 48.5 Å². The smallest absolute Gasteiger partial charge is 0.269 e. The molecule has 6 nitrogen and oxygen atoms in total. The van der Waals surface area contributed by atoms with Gasteiger partial charge in [-0.15, -0.1) is 0 Å². The number of nitro benzene ring substituents is 1. The van der Waals surface area contributed by atoms with Crippen LogP contribution in [0.15, 0.2) is 90.5 Å². The van der Waals surface area contributed by atoms with Crippen LogP contribution in [0.3, 0.4) is 0 Å². The van der Waals surface area contributed by atoms with Crippen molar-refractivity contribution in [3.8, 4) is 0 Å². The molecule has 1 aliphatic heterocycles. The van der Waals surface area contributed by atoms with Crippen molar-refractivity contribution in [1.82, 2.24) is 0 Å². The highest BCUT2D eigenvalue weighted by Crippen LogP contribution is 2.39. The number of hydrogen-bond donors (Lipinski definition) is 0. The zero-order chi connectivity index (χ0) is 21.3. The minimum Gasteiger partial charge on any atom is -0.293 e. The maximum atomic E-state index is 13.5. The molecule has 0 spiro atoms. The molecule has 3 aromatic carbocycles. The van der Waals surface area contributed by atoms with Crippen LogP contribution in [0, 0.1) is 10.1 Å². The Bertz CT molecular complexity index is 1090. The Balaban J connectivity index is 1.85. The van der Waals surface area contributed by atoms with Crippen molar-refractivity contribution in [1.29, 1.82) is 0 Å². The first-order valence-electron chi connectivity index (χ1n) is 9.42. The number of ketones is 1. The number of allylic oxidation sites excluding steroid dienone is 1. The molecule has 1 saturated heterocycles. The third kappa shape index (κ3) is 3.28. The van der Waals surface area contributed by atoms with Gasteiger partial charge in [0, 0.05) is 17.8 Å². The van der Waals surface area contributed by atoms with Crippen molar-refractivity contribution >= 4 is 28.6 Å². The number of non-ortho nitro benzene ring substituents is 1. The fourth-order valence-electron chi connectivity index (χ4n) is 3.71. The zero-order valence-corrected chi connectivity index (χ0v) is 16.2. The fourth-order valence-corrected chi connectivity index (χ4v) is 3.71. The Hall–Kier alpha value is -4.06. The number of Topliss-reactive ketones (excluding diaryl/α,β-unsaturated/α-hetero) is 1. The average Bonchev–Trinajstić information content (AvgIpc) is 3.04. The van der Waals surface area contributed by atoms with Gasteiger partial charge in [0.25, 0.3) is 11.6 Å². The number of carbonyl (C=O) groups excluding carboxylic acids is 2. The van der Waals surface area contributed by atoms with E-state index in [0.29, 0.717) is 16.8 Å². The number of carbonyl (C=O) groups is 2.